The first-order chi connectivity index (χ1) is 24.2. The number of phosphoric ester groups is 1. The number of likely N-dealkylation sites (N-methyl/N-ethyl adjacent to an activating group) is 1. The van der Waals surface area contributed by atoms with Crippen LogP contribution in [0.3, 0.4) is 0 Å². The summed E-state index contributed by atoms with van der Waals surface area (Å²) in [7, 11) is 1.08. The fourth-order valence-corrected chi connectivity index (χ4v) is 6.24. The molecule has 13 heteroatoms. The molecule has 2 unspecified atom stereocenters. The van der Waals surface area contributed by atoms with Gasteiger partial charge in [-0.25, -0.2) is 0 Å². The van der Waals surface area contributed by atoms with Gasteiger partial charge in [0.15, 0.2) is 6.10 Å². The lowest BCUT2D eigenvalue weighted by atomic mass is 10.0. The molecule has 0 aromatic heterocycles. The summed E-state index contributed by atoms with van der Waals surface area (Å²) in [6.07, 6.45) is 20.1. The zero-order chi connectivity index (χ0) is 38.4. The average molecular weight is 751 g/mol. The van der Waals surface area contributed by atoms with Crippen LogP contribution in [-0.4, -0.2) is 93.7 Å². The largest absolute Gasteiger partial charge is 0.756 e. The predicted molar refractivity (Wildman–Crippen MR) is 200 cm³/mol. The number of carbonyl (C=O) groups is 3. The molecule has 302 valence electrons. The number of carboxylic acids is 1. The number of quaternary nitrogens is 1. The number of rotatable bonds is 36. The Labute approximate surface area is 310 Å². The topological polar surface area (TPSA) is 161 Å². The van der Waals surface area contributed by atoms with Gasteiger partial charge in [-0.2, -0.15) is 0 Å². The Morgan fingerprint density at radius 1 is 0.706 bits per heavy atom. The van der Waals surface area contributed by atoms with Crippen molar-refractivity contribution in [2.75, 3.05) is 54.1 Å². The van der Waals surface area contributed by atoms with Crippen LogP contribution in [0.1, 0.15) is 156 Å². The first-order valence-corrected chi connectivity index (χ1v) is 21.3. The summed E-state index contributed by atoms with van der Waals surface area (Å²) in [5.74, 6) is -1.74. The van der Waals surface area contributed by atoms with Crippen LogP contribution in [0.5, 0.6) is 0 Å². The van der Waals surface area contributed by atoms with Crippen molar-refractivity contribution in [3.8, 4) is 0 Å². The number of nitrogens with one attached hydrogen (secondary N) is 1. The first-order valence-electron chi connectivity index (χ1n) is 19.9. The van der Waals surface area contributed by atoms with E-state index in [0.29, 0.717) is 30.4 Å². The zero-order valence-electron chi connectivity index (χ0n) is 33.1. The maximum absolute atomic E-state index is 12.6. The Morgan fingerprint density at radius 2 is 1.18 bits per heavy atom. The van der Waals surface area contributed by atoms with Crippen LogP contribution >= 0.6 is 7.82 Å². The second-order valence-corrected chi connectivity index (χ2v) is 16.7. The van der Waals surface area contributed by atoms with Crippen LogP contribution in [0, 0.1) is 5.92 Å². The average Bonchev–Trinajstić information content (AvgIpc) is 3.04. The molecule has 2 N–H and O–H groups in total. The van der Waals surface area contributed by atoms with Crippen molar-refractivity contribution in [1.29, 1.82) is 0 Å². The van der Waals surface area contributed by atoms with Crippen molar-refractivity contribution in [2.24, 2.45) is 5.92 Å². The Hall–Kier alpha value is -1.56. The van der Waals surface area contributed by atoms with E-state index in [1.54, 1.807) is 0 Å². The number of carboxylic acid groups (broad SMARTS) is 1. The minimum atomic E-state index is -4.65. The molecule has 0 fully saturated rings. The van der Waals surface area contributed by atoms with Gasteiger partial charge in [-0.05, 0) is 31.7 Å². The Balaban J connectivity index is 4.47. The standard InChI is InChI=1S/C38H75N2O10P/c1-7-8-9-10-11-12-13-14-15-16-17-20-23-26-35(41)47-31-34(32-49-51(45,46)48-30-29-40(4,5)6)50-36(42)27-24-21-18-19-22-25-28-39-37(33(2)3)38(43)44/h33-34,37,39H,7-32H2,1-6H3,(H-,43,44,45,46)/t34-,37?/m1/s1. The van der Waals surface area contributed by atoms with Crippen molar-refractivity contribution < 1.29 is 52.0 Å². The number of nitrogens with zero attached hydrogens (tertiary/aromatic N) is 1. The molecular weight excluding hydrogens is 675 g/mol. The highest BCUT2D eigenvalue weighted by atomic mass is 31.2. The van der Waals surface area contributed by atoms with Crippen molar-refractivity contribution >= 4 is 25.7 Å². The number of phosphoric acid groups is 1. The molecule has 0 saturated heterocycles. The number of unbranched alkanes of at least 4 members (excludes halogenated alkanes) is 17. The van der Waals surface area contributed by atoms with E-state index in [4.69, 9.17) is 18.5 Å². The molecule has 0 aromatic rings. The summed E-state index contributed by atoms with van der Waals surface area (Å²) in [5.41, 5.74) is 0. The van der Waals surface area contributed by atoms with Gasteiger partial charge in [0, 0.05) is 12.8 Å². The highest BCUT2D eigenvalue weighted by Gasteiger charge is 2.22. The van der Waals surface area contributed by atoms with E-state index in [1.165, 1.54) is 57.8 Å². The molecule has 0 aliphatic carbocycles. The smallest absolute Gasteiger partial charge is 0.320 e. The molecule has 0 rings (SSSR count). The summed E-state index contributed by atoms with van der Waals surface area (Å²) in [4.78, 5) is 48.6. The number of aliphatic carboxylic acids is 1. The lowest BCUT2D eigenvalue weighted by molar-refractivity contribution is -0.870. The van der Waals surface area contributed by atoms with Crippen LogP contribution in [0.4, 0.5) is 0 Å². The van der Waals surface area contributed by atoms with Crippen molar-refractivity contribution in [2.45, 2.75) is 168 Å². The van der Waals surface area contributed by atoms with E-state index in [0.717, 1.165) is 51.4 Å². The maximum Gasteiger partial charge on any atom is 0.320 e. The molecule has 0 heterocycles. The molecule has 3 atom stereocenters. The van der Waals surface area contributed by atoms with E-state index >= 15 is 0 Å². The summed E-state index contributed by atoms with van der Waals surface area (Å²) in [5, 5.41) is 12.3. The van der Waals surface area contributed by atoms with Gasteiger partial charge in [0.05, 0.1) is 27.7 Å². The fourth-order valence-electron chi connectivity index (χ4n) is 5.51. The molecule has 0 aromatic carbocycles. The van der Waals surface area contributed by atoms with Gasteiger partial charge in [-0.1, -0.05) is 124 Å². The monoisotopic (exact) mass is 751 g/mol. The molecule has 0 saturated carbocycles. The molecule has 12 nitrogen and oxygen atoms in total. The third-order valence-electron chi connectivity index (χ3n) is 8.75. The molecule has 0 bridgehead atoms. The SMILES string of the molecule is CCCCCCCCCCCCCCCC(=O)OC[C@H](COP(=O)([O-])OCC[N+](C)(C)C)OC(=O)CCCCCCCCNC(C(=O)O)C(C)C. The van der Waals surface area contributed by atoms with Crippen LogP contribution in [0.25, 0.3) is 0 Å². The van der Waals surface area contributed by atoms with Gasteiger partial charge >= 0.3 is 17.9 Å². The number of ether oxygens (including phenoxy) is 2. The molecule has 0 spiro atoms. The van der Waals surface area contributed by atoms with Gasteiger partial charge in [-0.15, -0.1) is 0 Å². The third-order valence-corrected chi connectivity index (χ3v) is 9.71. The summed E-state index contributed by atoms with van der Waals surface area (Å²) in [6.45, 7) is 6.24. The van der Waals surface area contributed by atoms with Crippen molar-refractivity contribution in [3.05, 3.63) is 0 Å². The molecule has 0 aliphatic heterocycles. The van der Waals surface area contributed by atoms with Crippen LogP contribution in [0.2, 0.25) is 0 Å². The second kappa shape index (κ2) is 30.9. The first kappa shape index (κ1) is 49.4. The van der Waals surface area contributed by atoms with E-state index in [-0.39, 0.29) is 32.0 Å². The van der Waals surface area contributed by atoms with Crippen LogP contribution < -0.4 is 10.2 Å². The number of carbonyl (C=O) groups excluding carboxylic acids is 2. The van der Waals surface area contributed by atoms with E-state index in [9.17, 15) is 28.9 Å². The Kier molecular flexibility index (Phi) is 29.9. The molecule has 0 aliphatic rings. The van der Waals surface area contributed by atoms with E-state index in [1.807, 2.05) is 35.0 Å². The van der Waals surface area contributed by atoms with Crippen molar-refractivity contribution in [3.63, 3.8) is 0 Å². The van der Waals surface area contributed by atoms with Gasteiger partial charge in [0.25, 0.3) is 7.82 Å². The van der Waals surface area contributed by atoms with E-state index in [2.05, 4.69) is 12.2 Å². The van der Waals surface area contributed by atoms with Crippen LogP contribution in [0.15, 0.2) is 0 Å². The minimum Gasteiger partial charge on any atom is -0.756 e. The van der Waals surface area contributed by atoms with Gasteiger partial charge in [0.1, 0.15) is 25.8 Å². The molecule has 51 heavy (non-hydrogen) atoms. The molecular formula is C38H75N2O10P. The van der Waals surface area contributed by atoms with Gasteiger partial charge < -0.3 is 38.3 Å². The lowest BCUT2D eigenvalue weighted by Gasteiger charge is -2.28. The molecule has 0 radical (unpaired) electrons. The Bertz CT molecular complexity index is 944. The van der Waals surface area contributed by atoms with E-state index < -0.39 is 44.5 Å². The summed E-state index contributed by atoms with van der Waals surface area (Å²) < 4.78 is 33.7. The summed E-state index contributed by atoms with van der Waals surface area (Å²) in [6, 6.07) is -0.543. The number of hydrogen-bond acceptors (Lipinski definition) is 10. The van der Waals surface area contributed by atoms with Crippen LogP contribution in [-0.2, 0) is 37.5 Å². The maximum atomic E-state index is 12.6. The molecule has 0 amide bonds. The summed E-state index contributed by atoms with van der Waals surface area (Å²) >= 11 is 0. The number of hydrogen-bond donors (Lipinski definition) is 2. The highest BCUT2D eigenvalue weighted by molar-refractivity contribution is 7.45. The lowest BCUT2D eigenvalue weighted by Crippen LogP contribution is -2.41. The minimum absolute atomic E-state index is 0.0189. The predicted octanol–water partition coefficient (Wildman–Crippen LogP) is 7.56. The highest BCUT2D eigenvalue weighted by Crippen LogP contribution is 2.38. The van der Waals surface area contributed by atoms with Gasteiger partial charge in [-0.3, -0.25) is 18.9 Å². The number of esters is 2. The second-order valence-electron chi connectivity index (χ2n) is 15.3. The quantitative estimate of drug-likeness (QED) is 0.0282. The van der Waals surface area contributed by atoms with Gasteiger partial charge in [0.2, 0.25) is 0 Å². The normalized spacial score (nSPS) is 14.3. The third kappa shape index (κ3) is 32.8. The van der Waals surface area contributed by atoms with Crippen molar-refractivity contribution in [1.82, 2.24) is 5.32 Å². The fraction of sp³-hybridized carbons (Fsp3) is 0.921. The Morgan fingerprint density at radius 3 is 1.65 bits per heavy atom. The zero-order valence-corrected chi connectivity index (χ0v) is 34.0.